The first-order valence-electron chi connectivity index (χ1n) is 5.53. The molecule has 3 nitrogen and oxygen atoms in total. The summed E-state index contributed by atoms with van der Waals surface area (Å²) < 4.78 is 5.02. The molecule has 0 radical (unpaired) electrons. The Kier molecular flexibility index (Phi) is 4.37. The lowest BCUT2D eigenvalue weighted by molar-refractivity contribution is 0.101. The van der Waals surface area contributed by atoms with E-state index in [1.807, 2.05) is 19.1 Å². The second-order valence-corrected chi connectivity index (χ2v) is 6.48. The van der Waals surface area contributed by atoms with E-state index in [0.717, 1.165) is 28.0 Å². The van der Waals surface area contributed by atoms with Crippen LogP contribution in [0.1, 0.15) is 27.9 Å². The molecule has 0 saturated heterocycles. The Morgan fingerprint density at radius 2 is 2.28 bits per heavy atom. The first kappa shape index (κ1) is 13.5. The van der Waals surface area contributed by atoms with E-state index in [2.05, 4.69) is 9.69 Å². The molecule has 0 aromatic carbocycles. The van der Waals surface area contributed by atoms with Gasteiger partial charge in [-0.1, -0.05) is 11.6 Å². The molecule has 18 heavy (non-hydrogen) atoms. The summed E-state index contributed by atoms with van der Waals surface area (Å²) in [5.41, 5.74) is 1.51. The van der Waals surface area contributed by atoms with Crippen LogP contribution >= 0.6 is 34.5 Å². The zero-order valence-corrected chi connectivity index (χ0v) is 12.5. The van der Waals surface area contributed by atoms with Crippen LogP contribution in [-0.2, 0) is 6.42 Å². The van der Waals surface area contributed by atoms with Gasteiger partial charge in [-0.25, -0.2) is 0 Å². The average molecular weight is 301 g/mol. The van der Waals surface area contributed by atoms with Crippen LogP contribution in [0.4, 0.5) is 5.00 Å². The molecule has 2 aromatic rings. The molecule has 1 N–H and O–H groups in total. The first-order chi connectivity index (χ1) is 8.58. The van der Waals surface area contributed by atoms with Gasteiger partial charge in [-0.2, -0.15) is 4.37 Å². The number of hydrogen-bond donors (Lipinski definition) is 1. The van der Waals surface area contributed by atoms with Crippen LogP contribution in [0.15, 0.2) is 12.1 Å². The van der Waals surface area contributed by atoms with E-state index in [0.29, 0.717) is 5.56 Å². The predicted molar refractivity (Wildman–Crippen MR) is 78.4 cm³/mol. The number of aryl methyl sites for hydroxylation is 1. The molecule has 0 aliphatic rings. The average Bonchev–Trinajstić information content (AvgIpc) is 2.86. The summed E-state index contributed by atoms with van der Waals surface area (Å²) in [7, 11) is 0. The van der Waals surface area contributed by atoms with Gasteiger partial charge in [-0.05, 0) is 43.9 Å². The molecule has 0 aliphatic heterocycles. The second-order valence-electron chi connectivity index (χ2n) is 3.91. The van der Waals surface area contributed by atoms with E-state index in [-0.39, 0.29) is 5.78 Å². The molecule has 96 valence electrons. The van der Waals surface area contributed by atoms with Gasteiger partial charge in [0, 0.05) is 11.4 Å². The summed E-state index contributed by atoms with van der Waals surface area (Å²) in [5, 5.41) is 4.14. The van der Waals surface area contributed by atoms with Gasteiger partial charge in [0.1, 0.15) is 5.00 Å². The maximum Gasteiger partial charge on any atom is 0.164 e. The first-order valence-corrected chi connectivity index (χ1v) is 7.50. The lowest BCUT2D eigenvalue weighted by Crippen LogP contribution is -2.06. The highest BCUT2D eigenvalue weighted by Crippen LogP contribution is 2.25. The lowest BCUT2D eigenvalue weighted by atomic mass is 10.2. The minimum absolute atomic E-state index is 0.0583. The molecule has 0 amide bonds. The van der Waals surface area contributed by atoms with Gasteiger partial charge in [-0.3, -0.25) is 4.79 Å². The summed E-state index contributed by atoms with van der Waals surface area (Å²) in [6.45, 7) is 4.21. The Balaban J connectivity index is 1.96. The molecule has 0 unspecified atom stereocenters. The third-order valence-electron chi connectivity index (χ3n) is 2.50. The fourth-order valence-corrected chi connectivity index (χ4v) is 3.65. The smallest absolute Gasteiger partial charge is 0.164 e. The molecule has 0 bridgehead atoms. The van der Waals surface area contributed by atoms with Crippen LogP contribution in [0, 0.1) is 6.92 Å². The zero-order chi connectivity index (χ0) is 13.1. The van der Waals surface area contributed by atoms with E-state index < -0.39 is 0 Å². The highest BCUT2D eigenvalue weighted by Gasteiger charge is 2.14. The van der Waals surface area contributed by atoms with Gasteiger partial charge < -0.3 is 5.32 Å². The van der Waals surface area contributed by atoms with Crippen molar-refractivity contribution in [1.82, 2.24) is 4.37 Å². The molecule has 0 aliphatic carbocycles. The number of halogens is 1. The van der Waals surface area contributed by atoms with E-state index in [4.69, 9.17) is 11.6 Å². The quantitative estimate of drug-likeness (QED) is 0.848. The molecule has 6 heteroatoms. The van der Waals surface area contributed by atoms with Crippen molar-refractivity contribution in [1.29, 1.82) is 0 Å². The number of carbonyl (C=O) groups excluding carboxylic acids is 1. The fraction of sp³-hybridized carbons (Fsp3) is 0.333. The zero-order valence-electron chi connectivity index (χ0n) is 10.1. The normalized spacial score (nSPS) is 10.6. The van der Waals surface area contributed by atoms with Gasteiger partial charge in [0.2, 0.25) is 0 Å². The van der Waals surface area contributed by atoms with Crippen molar-refractivity contribution in [3.63, 3.8) is 0 Å². The molecular formula is C12H13ClN2OS2. The molecule has 2 aromatic heterocycles. The molecule has 0 atom stereocenters. The van der Waals surface area contributed by atoms with Crippen molar-refractivity contribution in [2.45, 2.75) is 20.3 Å². The number of aromatic nitrogens is 1. The fourth-order valence-electron chi connectivity index (χ4n) is 1.69. The van der Waals surface area contributed by atoms with Gasteiger partial charge in [0.05, 0.1) is 15.6 Å². The van der Waals surface area contributed by atoms with Crippen LogP contribution in [-0.4, -0.2) is 16.7 Å². The monoisotopic (exact) mass is 300 g/mol. The van der Waals surface area contributed by atoms with E-state index >= 15 is 0 Å². The number of nitrogens with zero attached hydrogens (tertiary/aromatic N) is 1. The molecule has 2 rings (SSSR count). The minimum atomic E-state index is 0.0583. The van der Waals surface area contributed by atoms with Crippen LogP contribution in [0.2, 0.25) is 4.34 Å². The third kappa shape index (κ3) is 3.10. The number of rotatable bonds is 5. The number of ketones is 1. The number of hydrogen-bond acceptors (Lipinski definition) is 5. The van der Waals surface area contributed by atoms with Crippen LogP contribution in [0.5, 0.6) is 0 Å². The Morgan fingerprint density at radius 1 is 1.50 bits per heavy atom. The van der Waals surface area contributed by atoms with Crippen molar-refractivity contribution >= 4 is 45.3 Å². The third-order valence-corrected chi connectivity index (χ3v) is 4.69. The van der Waals surface area contributed by atoms with E-state index in [9.17, 15) is 4.79 Å². The molecule has 0 fully saturated rings. The van der Waals surface area contributed by atoms with E-state index in [1.165, 1.54) is 16.4 Å². The topological polar surface area (TPSA) is 42.0 Å². The number of thiophene rings is 1. The largest absolute Gasteiger partial charge is 0.375 e. The molecule has 2 heterocycles. The van der Waals surface area contributed by atoms with Gasteiger partial charge in [0.15, 0.2) is 5.78 Å². The van der Waals surface area contributed by atoms with Crippen molar-refractivity contribution in [3.05, 3.63) is 32.6 Å². The number of nitrogens with one attached hydrogen (secondary N) is 1. The predicted octanol–water partition coefficient (Wildman–Crippen LogP) is 4.02. The van der Waals surface area contributed by atoms with Crippen molar-refractivity contribution in [3.8, 4) is 0 Å². The molecule has 0 spiro atoms. The van der Waals surface area contributed by atoms with Gasteiger partial charge in [-0.15, -0.1) is 11.3 Å². The minimum Gasteiger partial charge on any atom is -0.375 e. The lowest BCUT2D eigenvalue weighted by Gasteiger charge is -2.04. The summed E-state index contributed by atoms with van der Waals surface area (Å²) in [6, 6.07) is 3.93. The summed E-state index contributed by atoms with van der Waals surface area (Å²) in [6.07, 6.45) is 0.895. The van der Waals surface area contributed by atoms with Gasteiger partial charge >= 0.3 is 0 Å². The number of anilines is 1. The highest BCUT2D eigenvalue weighted by atomic mass is 35.5. The van der Waals surface area contributed by atoms with Crippen LogP contribution in [0.3, 0.4) is 0 Å². The Bertz CT molecular complexity index is 562. The maximum atomic E-state index is 11.5. The Labute approximate surface area is 119 Å². The maximum absolute atomic E-state index is 11.5. The standard InChI is InChI=1S/C12H13ClN2OS2/c1-7-11(8(2)16)12(18-15-7)14-6-5-9-3-4-10(13)17-9/h3-4,14H,5-6H2,1-2H3. The van der Waals surface area contributed by atoms with Crippen molar-refractivity contribution in [2.75, 3.05) is 11.9 Å². The summed E-state index contributed by atoms with van der Waals surface area (Å²) in [4.78, 5) is 12.7. The highest BCUT2D eigenvalue weighted by molar-refractivity contribution is 7.16. The van der Waals surface area contributed by atoms with Crippen LogP contribution < -0.4 is 5.32 Å². The summed E-state index contributed by atoms with van der Waals surface area (Å²) in [5.74, 6) is 0.0583. The number of Topliss-reactive ketones (excluding diaryl/α,β-unsaturated/α-hetero) is 1. The van der Waals surface area contributed by atoms with Crippen molar-refractivity contribution in [2.24, 2.45) is 0 Å². The SMILES string of the molecule is CC(=O)c1c(C)nsc1NCCc1ccc(Cl)s1. The second kappa shape index (κ2) is 5.82. The van der Waals surface area contributed by atoms with Crippen LogP contribution in [0.25, 0.3) is 0 Å². The number of carbonyl (C=O) groups is 1. The Morgan fingerprint density at radius 3 is 2.89 bits per heavy atom. The van der Waals surface area contributed by atoms with E-state index in [1.54, 1.807) is 18.3 Å². The summed E-state index contributed by atoms with van der Waals surface area (Å²) >= 11 is 8.80. The Hall–Kier alpha value is -0.910. The van der Waals surface area contributed by atoms with Crippen molar-refractivity contribution < 1.29 is 4.79 Å². The molecule has 0 saturated carbocycles. The van der Waals surface area contributed by atoms with Gasteiger partial charge in [0.25, 0.3) is 0 Å². The molecular weight excluding hydrogens is 288 g/mol.